The van der Waals surface area contributed by atoms with Crippen LogP contribution in [-0.2, 0) is 6.54 Å². The number of nitrogens with zero attached hydrogens (tertiary/aromatic N) is 1. The Hall–Kier alpha value is -2.21. The van der Waals surface area contributed by atoms with Gasteiger partial charge in [0.2, 0.25) is 0 Å². The Kier molecular flexibility index (Phi) is 3.91. The van der Waals surface area contributed by atoms with Crippen molar-refractivity contribution in [2.75, 3.05) is 0 Å². The van der Waals surface area contributed by atoms with Gasteiger partial charge in [-0.2, -0.15) is 0 Å². The zero-order chi connectivity index (χ0) is 13.8. The van der Waals surface area contributed by atoms with Crippen molar-refractivity contribution < 1.29 is 14.7 Å². The molecule has 0 saturated heterocycles. The molecule has 2 aromatic rings. The molecular weight excluding hydrogens is 264 g/mol. The fourth-order valence-electron chi connectivity index (χ4n) is 1.60. The Morgan fingerprint density at radius 1 is 1.37 bits per heavy atom. The number of aromatic nitrogens is 1. The average Bonchev–Trinajstić information content (AvgIpc) is 2.81. The number of hydrogen-bond donors (Lipinski definition) is 2. The fourth-order valence-corrected chi connectivity index (χ4v) is 2.45. The summed E-state index contributed by atoms with van der Waals surface area (Å²) in [5, 5.41) is 13.7. The van der Waals surface area contributed by atoms with Crippen LogP contribution >= 0.6 is 11.3 Å². The van der Waals surface area contributed by atoms with Gasteiger partial charge in [0.05, 0.1) is 17.7 Å². The number of rotatable bonds is 4. The summed E-state index contributed by atoms with van der Waals surface area (Å²) in [6.45, 7) is 2.36. The topological polar surface area (TPSA) is 79.3 Å². The lowest BCUT2D eigenvalue weighted by atomic mass is 10.1. The molecule has 0 unspecified atom stereocenters. The summed E-state index contributed by atoms with van der Waals surface area (Å²) < 4.78 is 0. The van der Waals surface area contributed by atoms with Crippen LogP contribution in [0, 0.1) is 6.92 Å². The van der Waals surface area contributed by atoms with E-state index in [4.69, 9.17) is 5.11 Å². The number of nitrogens with one attached hydrogen (secondary N) is 1. The van der Waals surface area contributed by atoms with Crippen molar-refractivity contribution in [3.8, 4) is 0 Å². The van der Waals surface area contributed by atoms with Gasteiger partial charge in [-0.05, 0) is 30.0 Å². The van der Waals surface area contributed by atoms with Crippen LogP contribution in [0.3, 0.4) is 0 Å². The lowest BCUT2D eigenvalue weighted by Crippen LogP contribution is -2.25. The number of aromatic carboxylic acids is 1. The maximum absolute atomic E-state index is 12.0. The van der Waals surface area contributed by atoms with Gasteiger partial charge < -0.3 is 10.4 Å². The first-order chi connectivity index (χ1) is 9.09. The molecule has 0 aliphatic carbocycles. The maximum Gasteiger partial charge on any atom is 0.338 e. The molecule has 5 nitrogen and oxygen atoms in total. The highest BCUT2D eigenvalue weighted by Gasteiger charge is 2.16. The number of amides is 1. The number of aryl methyl sites for hydroxylation is 1. The van der Waals surface area contributed by atoms with Crippen LogP contribution in [0.15, 0.2) is 29.9 Å². The number of hydrogen-bond acceptors (Lipinski definition) is 4. The molecule has 2 rings (SSSR count). The SMILES string of the molecule is Cc1ccsc1CNC(=O)c1ccncc1C(=O)O. The van der Waals surface area contributed by atoms with Crippen LogP contribution in [-0.4, -0.2) is 22.0 Å². The summed E-state index contributed by atoms with van der Waals surface area (Å²) >= 11 is 1.55. The normalized spacial score (nSPS) is 10.2. The zero-order valence-corrected chi connectivity index (χ0v) is 11.0. The van der Waals surface area contributed by atoms with Crippen molar-refractivity contribution in [2.45, 2.75) is 13.5 Å². The lowest BCUT2D eigenvalue weighted by molar-refractivity contribution is 0.0690. The first-order valence-corrected chi connectivity index (χ1v) is 6.46. The molecule has 1 amide bonds. The summed E-state index contributed by atoms with van der Waals surface area (Å²) in [7, 11) is 0. The van der Waals surface area contributed by atoms with E-state index in [0.717, 1.165) is 10.4 Å². The van der Waals surface area contributed by atoms with Gasteiger partial charge in [0, 0.05) is 17.3 Å². The van der Waals surface area contributed by atoms with E-state index in [0.29, 0.717) is 6.54 Å². The quantitative estimate of drug-likeness (QED) is 0.896. The highest BCUT2D eigenvalue weighted by Crippen LogP contribution is 2.15. The second kappa shape index (κ2) is 5.62. The van der Waals surface area contributed by atoms with Crippen LogP contribution < -0.4 is 5.32 Å². The summed E-state index contributed by atoms with van der Waals surface area (Å²) in [4.78, 5) is 27.7. The maximum atomic E-state index is 12.0. The van der Waals surface area contributed by atoms with E-state index in [2.05, 4.69) is 10.3 Å². The Balaban J connectivity index is 2.13. The third-order valence-electron chi connectivity index (χ3n) is 2.67. The van der Waals surface area contributed by atoms with Gasteiger partial charge in [-0.15, -0.1) is 11.3 Å². The van der Waals surface area contributed by atoms with Gasteiger partial charge in [-0.25, -0.2) is 4.79 Å². The van der Waals surface area contributed by atoms with Crippen LogP contribution in [0.25, 0.3) is 0 Å². The van der Waals surface area contributed by atoms with Crippen molar-refractivity contribution in [3.63, 3.8) is 0 Å². The zero-order valence-electron chi connectivity index (χ0n) is 10.2. The van der Waals surface area contributed by atoms with E-state index in [1.54, 1.807) is 11.3 Å². The third-order valence-corrected chi connectivity index (χ3v) is 3.70. The summed E-state index contributed by atoms with van der Waals surface area (Å²) in [6, 6.07) is 3.38. The summed E-state index contributed by atoms with van der Waals surface area (Å²) in [5.74, 6) is -1.57. The van der Waals surface area contributed by atoms with E-state index >= 15 is 0 Å². The summed E-state index contributed by atoms with van der Waals surface area (Å²) in [5.41, 5.74) is 1.14. The van der Waals surface area contributed by atoms with Crippen molar-refractivity contribution in [2.24, 2.45) is 0 Å². The first kappa shape index (κ1) is 13.2. The molecule has 0 bridgehead atoms. The number of carbonyl (C=O) groups excluding carboxylic acids is 1. The minimum Gasteiger partial charge on any atom is -0.478 e. The highest BCUT2D eigenvalue weighted by molar-refractivity contribution is 7.10. The molecule has 2 heterocycles. The van der Waals surface area contributed by atoms with Gasteiger partial charge in [-0.1, -0.05) is 0 Å². The number of carboxylic acid groups (broad SMARTS) is 1. The number of pyridine rings is 1. The van der Waals surface area contributed by atoms with Crippen molar-refractivity contribution in [1.82, 2.24) is 10.3 Å². The van der Waals surface area contributed by atoms with Crippen molar-refractivity contribution >= 4 is 23.2 Å². The smallest absolute Gasteiger partial charge is 0.338 e. The summed E-state index contributed by atoms with van der Waals surface area (Å²) in [6.07, 6.45) is 2.57. The monoisotopic (exact) mass is 276 g/mol. The molecule has 0 spiro atoms. The van der Waals surface area contributed by atoms with E-state index < -0.39 is 11.9 Å². The molecule has 6 heteroatoms. The van der Waals surface area contributed by atoms with E-state index in [9.17, 15) is 9.59 Å². The van der Waals surface area contributed by atoms with E-state index in [1.807, 2.05) is 18.4 Å². The molecule has 2 aromatic heterocycles. The van der Waals surface area contributed by atoms with Gasteiger partial charge in [0.1, 0.15) is 0 Å². The van der Waals surface area contributed by atoms with E-state index in [-0.39, 0.29) is 11.1 Å². The van der Waals surface area contributed by atoms with Gasteiger partial charge in [-0.3, -0.25) is 9.78 Å². The Bertz CT molecular complexity index is 622. The molecule has 2 N–H and O–H groups in total. The Morgan fingerprint density at radius 3 is 2.79 bits per heavy atom. The van der Waals surface area contributed by atoms with Crippen LogP contribution in [0.5, 0.6) is 0 Å². The van der Waals surface area contributed by atoms with Crippen LogP contribution in [0.2, 0.25) is 0 Å². The Morgan fingerprint density at radius 2 is 2.16 bits per heavy atom. The first-order valence-electron chi connectivity index (χ1n) is 5.58. The molecule has 0 radical (unpaired) electrons. The van der Waals surface area contributed by atoms with Crippen molar-refractivity contribution in [3.05, 3.63) is 51.5 Å². The molecule has 0 saturated carbocycles. The third kappa shape index (κ3) is 2.97. The predicted molar refractivity (Wildman–Crippen MR) is 71.4 cm³/mol. The largest absolute Gasteiger partial charge is 0.478 e. The van der Waals surface area contributed by atoms with Gasteiger partial charge in [0.15, 0.2) is 0 Å². The minimum atomic E-state index is -1.16. The number of carboxylic acids is 1. The number of thiophene rings is 1. The van der Waals surface area contributed by atoms with Crippen molar-refractivity contribution in [1.29, 1.82) is 0 Å². The van der Waals surface area contributed by atoms with Gasteiger partial charge >= 0.3 is 5.97 Å². The molecule has 19 heavy (non-hydrogen) atoms. The number of carbonyl (C=O) groups is 2. The molecule has 0 aliphatic heterocycles. The van der Waals surface area contributed by atoms with Crippen LogP contribution in [0.1, 0.15) is 31.2 Å². The second-order valence-electron chi connectivity index (χ2n) is 3.94. The molecule has 0 atom stereocenters. The molecule has 0 fully saturated rings. The molecular formula is C13H12N2O3S. The average molecular weight is 276 g/mol. The van der Waals surface area contributed by atoms with Gasteiger partial charge in [0.25, 0.3) is 5.91 Å². The molecule has 98 valence electrons. The standard InChI is InChI=1S/C13H12N2O3S/c1-8-3-5-19-11(8)7-15-12(16)9-2-4-14-6-10(9)13(17)18/h2-6H,7H2,1H3,(H,15,16)(H,17,18). The Labute approximate surface area is 113 Å². The molecule has 0 aliphatic rings. The lowest BCUT2D eigenvalue weighted by Gasteiger charge is -2.06. The predicted octanol–water partition coefficient (Wildman–Crippen LogP) is 2.08. The minimum absolute atomic E-state index is 0.0945. The van der Waals surface area contributed by atoms with E-state index in [1.165, 1.54) is 18.5 Å². The molecule has 0 aromatic carbocycles. The highest BCUT2D eigenvalue weighted by atomic mass is 32.1. The fraction of sp³-hybridized carbons (Fsp3) is 0.154. The van der Waals surface area contributed by atoms with Crippen LogP contribution in [0.4, 0.5) is 0 Å². The second-order valence-corrected chi connectivity index (χ2v) is 4.94.